The fourth-order valence-electron chi connectivity index (χ4n) is 2.32. The zero-order valence-electron chi connectivity index (χ0n) is 9.05. The highest BCUT2D eigenvalue weighted by atomic mass is 19.1. The molecule has 1 aromatic rings. The standard InChI is InChI=1S/C12H16FNO/c1-9-8-10-11(4-2-5-12(10)15)14(9)7-3-6-13/h8H,2-7H2,1H3. The number of ketones is 1. The molecule has 0 aromatic carbocycles. The van der Waals surface area contributed by atoms with Crippen molar-refractivity contribution < 1.29 is 9.18 Å². The van der Waals surface area contributed by atoms with E-state index in [1.54, 1.807) is 0 Å². The van der Waals surface area contributed by atoms with Gasteiger partial charge in [0.2, 0.25) is 0 Å². The zero-order valence-corrected chi connectivity index (χ0v) is 9.05. The van der Waals surface area contributed by atoms with Crippen LogP contribution in [-0.4, -0.2) is 17.0 Å². The molecule has 3 heteroatoms. The number of alkyl halides is 1. The summed E-state index contributed by atoms with van der Waals surface area (Å²) in [5.41, 5.74) is 3.08. The maximum Gasteiger partial charge on any atom is 0.164 e. The van der Waals surface area contributed by atoms with Gasteiger partial charge in [0.05, 0.1) is 6.67 Å². The Kier molecular flexibility index (Phi) is 2.89. The highest BCUT2D eigenvalue weighted by Crippen LogP contribution is 2.25. The van der Waals surface area contributed by atoms with Crippen LogP contribution in [0, 0.1) is 6.92 Å². The quantitative estimate of drug-likeness (QED) is 0.750. The molecule has 1 aliphatic carbocycles. The number of Topliss-reactive ketones (excluding diaryl/α,β-unsaturated/α-hetero) is 1. The molecule has 0 atom stereocenters. The molecule has 0 aliphatic heterocycles. The molecule has 2 nitrogen and oxygen atoms in total. The highest BCUT2D eigenvalue weighted by Gasteiger charge is 2.21. The Labute approximate surface area is 89.1 Å². The average molecular weight is 209 g/mol. The third kappa shape index (κ3) is 1.83. The molecule has 15 heavy (non-hydrogen) atoms. The van der Waals surface area contributed by atoms with E-state index < -0.39 is 0 Å². The van der Waals surface area contributed by atoms with Gasteiger partial charge in [-0.3, -0.25) is 9.18 Å². The second-order valence-electron chi connectivity index (χ2n) is 4.12. The molecular formula is C12H16FNO. The molecule has 0 saturated heterocycles. The largest absolute Gasteiger partial charge is 0.348 e. The van der Waals surface area contributed by atoms with E-state index in [1.807, 2.05) is 13.0 Å². The summed E-state index contributed by atoms with van der Waals surface area (Å²) in [4.78, 5) is 11.6. The number of rotatable bonds is 3. The number of aromatic nitrogens is 1. The number of aryl methyl sites for hydroxylation is 1. The van der Waals surface area contributed by atoms with E-state index in [0.717, 1.165) is 29.8 Å². The Balaban J connectivity index is 2.33. The van der Waals surface area contributed by atoms with E-state index in [2.05, 4.69) is 4.57 Å². The number of halogens is 1. The second kappa shape index (κ2) is 4.17. The molecule has 82 valence electrons. The van der Waals surface area contributed by atoms with Gasteiger partial charge in [-0.1, -0.05) is 0 Å². The molecule has 1 heterocycles. The number of hydrogen-bond acceptors (Lipinski definition) is 1. The molecule has 2 rings (SSSR count). The molecule has 0 radical (unpaired) electrons. The van der Waals surface area contributed by atoms with Gasteiger partial charge in [-0.15, -0.1) is 0 Å². The van der Waals surface area contributed by atoms with Crippen LogP contribution < -0.4 is 0 Å². The van der Waals surface area contributed by atoms with Crippen LogP contribution in [0.5, 0.6) is 0 Å². The van der Waals surface area contributed by atoms with Crippen molar-refractivity contribution in [3.63, 3.8) is 0 Å². The number of carbonyl (C=O) groups is 1. The normalized spacial score (nSPS) is 15.5. The summed E-state index contributed by atoms with van der Waals surface area (Å²) in [5.74, 6) is 0.248. The van der Waals surface area contributed by atoms with Crippen LogP contribution >= 0.6 is 0 Å². The van der Waals surface area contributed by atoms with Crippen molar-refractivity contribution in [2.75, 3.05) is 6.67 Å². The van der Waals surface area contributed by atoms with Crippen molar-refractivity contribution in [3.8, 4) is 0 Å². The number of nitrogens with zero attached hydrogens (tertiary/aromatic N) is 1. The minimum Gasteiger partial charge on any atom is -0.348 e. The van der Waals surface area contributed by atoms with Gasteiger partial charge in [0, 0.05) is 29.9 Å². The third-order valence-corrected chi connectivity index (χ3v) is 3.05. The molecule has 1 aliphatic rings. The first-order valence-corrected chi connectivity index (χ1v) is 5.52. The molecule has 0 unspecified atom stereocenters. The molecule has 0 amide bonds. The lowest BCUT2D eigenvalue weighted by Gasteiger charge is -2.15. The van der Waals surface area contributed by atoms with Gasteiger partial charge in [0.1, 0.15) is 0 Å². The van der Waals surface area contributed by atoms with Crippen molar-refractivity contribution in [1.82, 2.24) is 4.57 Å². The summed E-state index contributed by atoms with van der Waals surface area (Å²) in [5, 5.41) is 0. The summed E-state index contributed by atoms with van der Waals surface area (Å²) in [7, 11) is 0. The van der Waals surface area contributed by atoms with E-state index >= 15 is 0 Å². The van der Waals surface area contributed by atoms with Crippen LogP contribution in [0.4, 0.5) is 4.39 Å². The highest BCUT2D eigenvalue weighted by molar-refractivity contribution is 5.98. The Morgan fingerprint density at radius 1 is 1.47 bits per heavy atom. The monoisotopic (exact) mass is 209 g/mol. The lowest BCUT2D eigenvalue weighted by molar-refractivity contribution is 0.0971. The fraction of sp³-hybridized carbons (Fsp3) is 0.583. The van der Waals surface area contributed by atoms with Gasteiger partial charge in [0.25, 0.3) is 0 Å². The predicted octanol–water partition coefficient (Wildman–Crippen LogP) is 2.68. The van der Waals surface area contributed by atoms with Crippen LogP contribution in [0.3, 0.4) is 0 Å². The Hall–Kier alpha value is -1.12. The first kappa shape index (κ1) is 10.4. The van der Waals surface area contributed by atoms with Gasteiger partial charge in [-0.25, -0.2) is 0 Å². The molecule has 0 saturated carbocycles. The fourth-order valence-corrected chi connectivity index (χ4v) is 2.32. The first-order chi connectivity index (χ1) is 7.24. The SMILES string of the molecule is Cc1cc2c(n1CCCF)CCCC2=O. The van der Waals surface area contributed by atoms with E-state index in [0.29, 0.717) is 19.4 Å². The third-order valence-electron chi connectivity index (χ3n) is 3.05. The Morgan fingerprint density at radius 3 is 3.00 bits per heavy atom. The summed E-state index contributed by atoms with van der Waals surface area (Å²) in [6.07, 6.45) is 3.10. The predicted molar refractivity (Wildman–Crippen MR) is 57.0 cm³/mol. The van der Waals surface area contributed by atoms with Gasteiger partial charge in [0.15, 0.2) is 5.78 Å². The minimum atomic E-state index is -0.291. The Morgan fingerprint density at radius 2 is 2.27 bits per heavy atom. The molecule has 0 N–H and O–H groups in total. The van der Waals surface area contributed by atoms with E-state index in [-0.39, 0.29) is 12.5 Å². The second-order valence-corrected chi connectivity index (χ2v) is 4.12. The van der Waals surface area contributed by atoms with Crippen molar-refractivity contribution in [3.05, 3.63) is 23.0 Å². The summed E-state index contributed by atoms with van der Waals surface area (Å²) in [6, 6.07) is 1.95. The smallest absolute Gasteiger partial charge is 0.164 e. The van der Waals surface area contributed by atoms with Crippen molar-refractivity contribution >= 4 is 5.78 Å². The van der Waals surface area contributed by atoms with Crippen LogP contribution in [-0.2, 0) is 13.0 Å². The summed E-state index contributed by atoms with van der Waals surface area (Å²) in [6.45, 7) is 2.40. The number of fused-ring (bicyclic) bond motifs is 1. The van der Waals surface area contributed by atoms with Gasteiger partial charge < -0.3 is 4.57 Å². The number of hydrogen-bond donors (Lipinski definition) is 0. The van der Waals surface area contributed by atoms with E-state index in [1.165, 1.54) is 0 Å². The zero-order chi connectivity index (χ0) is 10.8. The lowest BCUT2D eigenvalue weighted by Crippen LogP contribution is -2.14. The molecule has 0 spiro atoms. The van der Waals surface area contributed by atoms with Crippen LogP contribution in [0.15, 0.2) is 6.07 Å². The summed E-state index contributed by atoms with van der Waals surface area (Å²) >= 11 is 0. The molecule has 0 fully saturated rings. The number of carbonyl (C=O) groups excluding carboxylic acids is 1. The van der Waals surface area contributed by atoms with Gasteiger partial charge >= 0.3 is 0 Å². The average Bonchev–Trinajstić information content (AvgIpc) is 2.54. The molecule has 1 aromatic heterocycles. The minimum absolute atomic E-state index is 0.248. The van der Waals surface area contributed by atoms with Crippen LogP contribution in [0.25, 0.3) is 0 Å². The van der Waals surface area contributed by atoms with Crippen molar-refractivity contribution in [2.45, 2.75) is 39.2 Å². The van der Waals surface area contributed by atoms with Crippen LogP contribution in [0.1, 0.15) is 41.0 Å². The van der Waals surface area contributed by atoms with Gasteiger partial charge in [-0.05, 0) is 32.3 Å². The maximum absolute atomic E-state index is 12.1. The van der Waals surface area contributed by atoms with Gasteiger partial charge in [-0.2, -0.15) is 0 Å². The molecule has 0 bridgehead atoms. The van der Waals surface area contributed by atoms with E-state index in [4.69, 9.17) is 0 Å². The molecular weight excluding hydrogens is 193 g/mol. The summed E-state index contributed by atoms with van der Waals surface area (Å²) < 4.78 is 14.2. The van der Waals surface area contributed by atoms with E-state index in [9.17, 15) is 9.18 Å². The van der Waals surface area contributed by atoms with Crippen molar-refractivity contribution in [1.29, 1.82) is 0 Å². The lowest BCUT2D eigenvalue weighted by atomic mass is 9.97. The van der Waals surface area contributed by atoms with Crippen LogP contribution in [0.2, 0.25) is 0 Å². The Bertz CT molecular complexity index is 381. The topological polar surface area (TPSA) is 22.0 Å². The van der Waals surface area contributed by atoms with Crippen molar-refractivity contribution in [2.24, 2.45) is 0 Å². The first-order valence-electron chi connectivity index (χ1n) is 5.52. The maximum atomic E-state index is 12.1.